The average molecular weight is 282 g/mol. The monoisotopic (exact) mass is 282 g/mol. The van der Waals surface area contributed by atoms with Crippen molar-refractivity contribution < 1.29 is 4.39 Å². The Kier molecular flexibility index (Phi) is 4.77. The van der Waals surface area contributed by atoms with Gasteiger partial charge in [0.05, 0.1) is 6.04 Å². The van der Waals surface area contributed by atoms with Crippen molar-refractivity contribution in [3.8, 4) is 0 Å². The minimum absolute atomic E-state index is 0.0863. The van der Waals surface area contributed by atoms with Crippen LogP contribution in [0.3, 0.4) is 0 Å². The molecule has 18 heavy (non-hydrogen) atoms. The van der Waals surface area contributed by atoms with Gasteiger partial charge >= 0.3 is 0 Å². The van der Waals surface area contributed by atoms with E-state index in [0.717, 1.165) is 10.6 Å². The summed E-state index contributed by atoms with van der Waals surface area (Å²) in [5, 5.41) is 2.10. The lowest BCUT2D eigenvalue weighted by Crippen LogP contribution is -2.29. The zero-order valence-electron chi connectivity index (χ0n) is 10.0. The van der Waals surface area contributed by atoms with Crippen LogP contribution in [0.4, 0.5) is 4.39 Å². The predicted molar refractivity (Wildman–Crippen MR) is 76.2 cm³/mol. The Morgan fingerprint density at radius 2 is 2.28 bits per heavy atom. The fraction of sp³-hybridized carbons (Fsp3) is 0.231. The van der Waals surface area contributed by atoms with Crippen LogP contribution < -0.4 is 11.3 Å². The molecule has 3 N–H and O–H groups in total. The van der Waals surface area contributed by atoms with E-state index in [1.807, 2.05) is 6.07 Å². The van der Waals surface area contributed by atoms with Crippen molar-refractivity contribution in [2.75, 3.05) is 5.75 Å². The molecule has 0 saturated carbocycles. The van der Waals surface area contributed by atoms with Crippen LogP contribution in [0.1, 0.15) is 16.5 Å². The molecule has 2 aromatic rings. The molecule has 1 unspecified atom stereocenters. The predicted octanol–water partition coefficient (Wildman–Crippen LogP) is 3.49. The van der Waals surface area contributed by atoms with E-state index in [1.54, 1.807) is 29.2 Å². The molecule has 0 aliphatic carbocycles. The third-order valence-electron chi connectivity index (χ3n) is 2.57. The number of thioether (sulfide) groups is 1. The van der Waals surface area contributed by atoms with Crippen LogP contribution in [0.5, 0.6) is 0 Å². The summed E-state index contributed by atoms with van der Waals surface area (Å²) in [7, 11) is 0. The molecule has 0 spiro atoms. The van der Waals surface area contributed by atoms with E-state index in [4.69, 9.17) is 5.84 Å². The molecule has 1 heterocycles. The van der Waals surface area contributed by atoms with Gasteiger partial charge in [-0.2, -0.15) is 0 Å². The summed E-state index contributed by atoms with van der Waals surface area (Å²) in [4.78, 5) is 2.18. The highest BCUT2D eigenvalue weighted by Gasteiger charge is 2.11. The zero-order valence-corrected chi connectivity index (χ0v) is 11.7. The molecule has 2 rings (SSSR count). The van der Waals surface area contributed by atoms with Gasteiger partial charge in [0, 0.05) is 15.5 Å². The Balaban J connectivity index is 1.99. The first-order valence-electron chi connectivity index (χ1n) is 5.58. The number of benzene rings is 1. The molecule has 1 atom stereocenters. The average Bonchev–Trinajstić information content (AvgIpc) is 2.77. The minimum Gasteiger partial charge on any atom is -0.271 e. The molecule has 0 fully saturated rings. The Morgan fingerprint density at radius 3 is 2.89 bits per heavy atom. The molecule has 1 aromatic heterocycles. The van der Waals surface area contributed by atoms with Crippen LogP contribution in [-0.2, 0) is 0 Å². The number of rotatable bonds is 5. The van der Waals surface area contributed by atoms with Gasteiger partial charge in [-0.15, -0.1) is 23.1 Å². The lowest BCUT2D eigenvalue weighted by Gasteiger charge is -2.14. The molecule has 0 bridgehead atoms. The molecule has 0 aliphatic heterocycles. The molecular formula is C13H15FN2S2. The van der Waals surface area contributed by atoms with Gasteiger partial charge < -0.3 is 0 Å². The second-order valence-electron chi connectivity index (χ2n) is 3.98. The van der Waals surface area contributed by atoms with Crippen LogP contribution in [0.25, 0.3) is 0 Å². The lowest BCUT2D eigenvalue weighted by molar-refractivity contribution is 0.611. The number of nitrogens with two attached hydrogens (primary N) is 1. The third kappa shape index (κ3) is 3.55. The van der Waals surface area contributed by atoms with Crippen LogP contribution in [0.15, 0.2) is 40.6 Å². The fourth-order valence-electron chi connectivity index (χ4n) is 1.62. The van der Waals surface area contributed by atoms with Gasteiger partial charge in [-0.3, -0.25) is 11.3 Å². The molecule has 5 heteroatoms. The van der Waals surface area contributed by atoms with Gasteiger partial charge in [0.1, 0.15) is 5.82 Å². The molecule has 96 valence electrons. The standard InChI is InChI=1S/C13H15FN2S2/c1-9-5-10(7-17-9)13(16-15)8-18-12-4-2-3-11(14)6-12/h2-7,13,16H,8,15H2,1H3. The topological polar surface area (TPSA) is 38.0 Å². The van der Waals surface area contributed by atoms with Crippen molar-refractivity contribution in [3.63, 3.8) is 0 Å². The first-order chi connectivity index (χ1) is 8.69. The Bertz CT molecular complexity index is 513. The second-order valence-corrected chi connectivity index (χ2v) is 6.19. The minimum atomic E-state index is -0.205. The maximum atomic E-state index is 13.0. The van der Waals surface area contributed by atoms with Crippen molar-refractivity contribution in [3.05, 3.63) is 52.0 Å². The fourth-order valence-corrected chi connectivity index (χ4v) is 3.40. The van der Waals surface area contributed by atoms with E-state index in [1.165, 1.54) is 22.6 Å². The molecule has 1 aromatic carbocycles. The normalized spacial score (nSPS) is 12.6. The molecular weight excluding hydrogens is 267 g/mol. The third-order valence-corrected chi connectivity index (χ3v) is 4.53. The SMILES string of the molecule is Cc1cc(C(CSc2cccc(F)c2)NN)cs1. The van der Waals surface area contributed by atoms with Gasteiger partial charge in [0.25, 0.3) is 0 Å². The van der Waals surface area contributed by atoms with Gasteiger partial charge in [0.15, 0.2) is 0 Å². The van der Waals surface area contributed by atoms with Crippen molar-refractivity contribution in [1.82, 2.24) is 5.43 Å². The smallest absolute Gasteiger partial charge is 0.124 e. The van der Waals surface area contributed by atoms with E-state index >= 15 is 0 Å². The van der Waals surface area contributed by atoms with Crippen LogP contribution in [0.2, 0.25) is 0 Å². The molecule has 0 aliphatic rings. The number of hydrogen-bond donors (Lipinski definition) is 2. The summed E-state index contributed by atoms with van der Waals surface area (Å²) in [6.07, 6.45) is 0. The van der Waals surface area contributed by atoms with Crippen molar-refractivity contribution >= 4 is 23.1 Å². The van der Waals surface area contributed by atoms with Gasteiger partial charge in [-0.1, -0.05) is 6.07 Å². The highest BCUT2D eigenvalue weighted by atomic mass is 32.2. The highest BCUT2D eigenvalue weighted by molar-refractivity contribution is 7.99. The summed E-state index contributed by atoms with van der Waals surface area (Å²) in [6, 6.07) is 8.82. The van der Waals surface area contributed by atoms with E-state index in [0.29, 0.717) is 0 Å². The first kappa shape index (κ1) is 13.5. The Labute approximate surface area is 114 Å². The zero-order chi connectivity index (χ0) is 13.0. The number of thiophene rings is 1. The summed E-state index contributed by atoms with van der Waals surface area (Å²) in [6.45, 7) is 2.07. The maximum absolute atomic E-state index is 13.0. The van der Waals surface area contributed by atoms with E-state index in [2.05, 4.69) is 23.8 Å². The van der Waals surface area contributed by atoms with Crippen LogP contribution in [0, 0.1) is 12.7 Å². The van der Waals surface area contributed by atoms with Crippen molar-refractivity contribution in [2.45, 2.75) is 17.9 Å². The number of aryl methyl sites for hydroxylation is 1. The first-order valence-corrected chi connectivity index (χ1v) is 7.45. The summed E-state index contributed by atoms with van der Waals surface area (Å²) in [5.41, 5.74) is 3.99. The Morgan fingerprint density at radius 1 is 1.44 bits per heavy atom. The molecule has 0 saturated heterocycles. The van der Waals surface area contributed by atoms with Gasteiger partial charge in [-0.25, -0.2) is 4.39 Å². The van der Waals surface area contributed by atoms with Crippen molar-refractivity contribution in [2.24, 2.45) is 5.84 Å². The highest BCUT2D eigenvalue weighted by Crippen LogP contribution is 2.27. The molecule has 2 nitrogen and oxygen atoms in total. The number of nitrogens with one attached hydrogen (secondary N) is 1. The summed E-state index contributed by atoms with van der Waals surface area (Å²) >= 11 is 3.30. The second kappa shape index (κ2) is 6.33. The number of hydrogen-bond acceptors (Lipinski definition) is 4. The largest absolute Gasteiger partial charge is 0.271 e. The Hall–Kier alpha value is -0.880. The maximum Gasteiger partial charge on any atom is 0.124 e. The lowest BCUT2D eigenvalue weighted by atomic mass is 10.2. The van der Waals surface area contributed by atoms with E-state index in [9.17, 15) is 4.39 Å². The van der Waals surface area contributed by atoms with Crippen LogP contribution in [-0.4, -0.2) is 5.75 Å². The van der Waals surface area contributed by atoms with Crippen molar-refractivity contribution in [1.29, 1.82) is 0 Å². The van der Waals surface area contributed by atoms with E-state index in [-0.39, 0.29) is 11.9 Å². The summed E-state index contributed by atoms with van der Waals surface area (Å²) in [5.74, 6) is 6.14. The summed E-state index contributed by atoms with van der Waals surface area (Å²) < 4.78 is 13.0. The number of halogens is 1. The van der Waals surface area contributed by atoms with Gasteiger partial charge in [-0.05, 0) is 42.1 Å². The number of hydrazine groups is 1. The molecule has 0 radical (unpaired) electrons. The van der Waals surface area contributed by atoms with E-state index < -0.39 is 0 Å². The molecule has 0 amide bonds. The quantitative estimate of drug-likeness (QED) is 0.501. The van der Waals surface area contributed by atoms with Crippen LogP contribution >= 0.6 is 23.1 Å². The van der Waals surface area contributed by atoms with Gasteiger partial charge in [0.2, 0.25) is 0 Å².